The molecule has 1 N–H and O–H groups in total. The zero-order chi connectivity index (χ0) is 17.2. The van der Waals surface area contributed by atoms with E-state index in [1.165, 1.54) is 4.90 Å². The van der Waals surface area contributed by atoms with Crippen LogP contribution in [-0.2, 0) is 10.1 Å². The number of hydrogen-bond donors (Lipinski definition) is 1. The van der Waals surface area contributed by atoms with Crippen LogP contribution in [0.2, 0.25) is 5.02 Å². The molecule has 0 saturated carbocycles. The first-order valence-electron chi connectivity index (χ1n) is 7.73. The lowest BCUT2D eigenvalue weighted by Gasteiger charge is -2.33. The van der Waals surface area contributed by atoms with Gasteiger partial charge >= 0.3 is 0 Å². The largest absolute Gasteiger partial charge is 0.340 e. The Kier molecular flexibility index (Phi) is 5.39. The highest BCUT2D eigenvalue weighted by molar-refractivity contribution is 7.99. The summed E-state index contributed by atoms with van der Waals surface area (Å²) in [6.07, 6.45) is 2.04. The molecule has 2 aromatic rings. The summed E-state index contributed by atoms with van der Waals surface area (Å²) in [4.78, 5) is 4.60. The van der Waals surface area contributed by atoms with E-state index < -0.39 is 10.1 Å². The van der Waals surface area contributed by atoms with E-state index in [9.17, 15) is 8.42 Å². The molecule has 0 saturated heterocycles. The normalized spacial score (nSPS) is 13.5. The predicted octanol–water partition coefficient (Wildman–Crippen LogP) is 5.00. The average molecular weight is 384 g/mol. The predicted molar refractivity (Wildman–Crippen MR) is 99.3 cm³/mol. The summed E-state index contributed by atoms with van der Waals surface area (Å²) >= 11 is 7.90. The van der Waals surface area contributed by atoms with Crippen molar-refractivity contribution in [3.05, 3.63) is 47.5 Å². The van der Waals surface area contributed by atoms with Gasteiger partial charge in [0, 0.05) is 21.4 Å². The van der Waals surface area contributed by atoms with Gasteiger partial charge in [-0.05, 0) is 43.2 Å². The molecular formula is C17H18ClNO3S2. The van der Waals surface area contributed by atoms with E-state index in [1.54, 1.807) is 11.8 Å². The van der Waals surface area contributed by atoms with Crippen molar-refractivity contribution in [2.45, 2.75) is 29.1 Å². The first-order chi connectivity index (χ1) is 11.4. The summed E-state index contributed by atoms with van der Waals surface area (Å²) < 4.78 is 30.4. The fourth-order valence-electron chi connectivity index (χ4n) is 2.77. The van der Waals surface area contributed by atoms with Gasteiger partial charge in [0.15, 0.2) is 0 Å². The van der Waals surface area contributed by atoms with Crippen LogP contribution in [0.5, 0.6) is 0 Å². The molecule has 1 heterocycles. The lowest BCUT2D eigenvalue weighted by atomic mass is 10.2. The maximum Gasteiger partial charge on any atom is 0.264 e. The van der Waals surface area contributed by atoms with Crippen molar-refractivity contribution < 1.29 is 13.0 Å². The monoisotopic (exact) mass is 383 g/mol. The maximum atomic E-state index is 10.8. The second-order valence-electron chi connectivity index (χ2n) is 5.68. The van der Waals surface area contributed by atoms with Gasteiger partial charge in [0.2, 0.25) is 0 Å². The van der Waals surface area contributed by atoms with Gasteiger partial charge in [-0.15, -0.1) is 0 Å². The molecule has 128 valence electrons. The highest BCUT2D eigenvalue weighted by atomic mass is 35.5. The number of hydrogen-bond acceptors (Lipinski definition) is 4. The summed E-state index contributed by atoms with van der Waals surface area (Å²) in [6.45, 7) is 0.774. The first-order valence-corrected chi connectivity index (χ1v) is 10.5. The zero-order valence-corrected chi connectivity index (χ0v) is 15.4. The maximum absolute atomic E-state index is 10.8. The number of nitrogens with zero attached hydrogens (tertiary/aromatic N) is 1. The molecule has 0 unspecified atom stereocenters. The van der Waals surface area contributed by atoms with Crippen LogP contribution in [0.15, 0.2) is 52.3 Å². The molecule has 1 aliphatic heterocycles. The lowest BCUT2D eigenvalue weighted by Crippen LogP contribution is -2.22. The Bertz CT molecular complexity index is 839. The Balaban J connectivity index is 1.75. The van der Waals surface area contributed by atoms with Gasteiger partial charge in [-0.1, -0.05) is 41.9 Å². The minimum atomic E-state index is -3.87. The summed E-state index contributed by atoms with van der Waals surface area (Å²) in [5, 5.41) is 0.699. The van der Waals surface area contributed by atoms with E-state index in [2.05, 4.69) is 17.0 Å². The van der Waals surface area contributed by atoms with Gasteiger partial charge in [-0.25, -0.2) is 0 Å². The van der Waals surface area contributed by atoms with E-state index in [1.807, 2.05) is 30.3 Å². The molecule has 3 rings (SSSR count). The Morgan fingerprint density at radius 2 is 1.75 bits per heavy atom. The summed E-state index contributed by atoms with van der Waals surface area (Å²) in [7, 11) is -3.87. The standard InChI is InChI=1S/C17H18ClNO3S2/c18-13-8-9-17-15(12-13)19(10-4-1-5-11-24(20,21)22)14-6-2-3-7-16(14)23-17/h2-3,6-9,12H,1,4-5,10-11H2,(H,20,21,22). The average Bonchev–Trinajstić information content (AvgIpc) is 2.53. The number of benzene rings is 2. The van der Waals surface area contributed by atoms with Crippen LogP contribution in [0.25, 0.3) is 0 Å². The number of fused-ring (bicyclic) bond motifs is 2. The Labute approximate surface area is 151 Å². The van der Waals surface area contributed by atoms with Crippen LogP contribution in [-0.4, -0.2) is 25.3 Å². The molecule has 0 bridgehead atoms. The fourth-order valence-corrected chi connectivity index (χ4v) is 4.59. The third-order valence-electron chi connectivity index (χ3n) is 3.87. The SMILES string of the molecule is O=S(=O)(O)CCCCCN1c2ccccc2Sc2ccc(Cl)cc21. The number of anilines is 2. The smallest absolute Gasteiger partial charge is 0.264 e. The quantitative estimate of drug-likeness (QED) is 0.561. The van der Waals surface area contributed by atoms with Crippen LogP contribution in [0, 0.1) is 0 Å². The Hall–Kier alpha value is -1.21. The van der Waals surface area contributed by atoms with Gasteiger partial charge in [0.1, 0.15) is 0 Å². The fraction of sp³-hybridized carbons (Fsp3) is 0.294. The summed E-state index contributed by atoms with van der Waals surface area (Å²) in [6, 6.07) is 14.1. The lowest BCUT2D eigenvalue weighted by molar-refractivity contribution is 0.479. The first kappa shape index (κ1) is 17.6. The Morgan fingerprint density at radius 1 is 1.00 bits per heavy atom. The number of para-hydroxylation sites is 1. The van der Waals surface area contributed by atoms with Gasteiger partial charge < -0.3 is 4.90 Å². The van der Waals surface area contributed by atoms with Crippen molar-refractivity contribution in [1.29, 1.82) is 0 Å². The number of halogens is 1. The van der Waals surface area contributed by atoms with Gasteiger partial charge in [-0.2, -0.15) is 8.42 Å². The van der Waals surface area contributed by atoms with E-state index in [4.69, 9.17) is 16.2 Å². The second-order valence-corrected chi connectivity index (χ2v) is 8.77. The molecule has 24 heavy (non-hydrogen) atoms. The molecule has 0 atom stereocenters. The van der Waals surface area contributed by atoms with E-state index in [0.717, 1.165) is 35.7 Å². The highest BCUT2D eigenvalue weighted by Crippen LogP contribution is 2.48. The molecule has 0 fully saturated rings. The van der Waals surface area contributed by atoms with Gasteiger partial charge in [0.25, 0.3) is 10.1 Å². The second kappa shape index (κ2) is 7.35. The minimum Gasteiger partial charge on any atom is -0.340 e. The number of unbranched alkanes of at least 4 members (excludes halogenated alkanes) is 2. The van der Waals surface area contributed by atoms with Crippen molar-refractivity contribution in [2.75, 3.05) is 17.2 Å². The topological polar surface area (TPSA) is 57.6 Å². The molecule has 7 heteroatoms. The molecule has 0 amide bonds. The van der Waals surface area contributed by atoms with Gasteiger partial charge in [-0.3, -0.25) is 4.55 Å². The molecule has 0 spiro atoms. The van der Waals surface area contributed by atoms with Crippen LogP contribution >= 0.6 is 23.4 Å². The third-order valence-corrected chi connectivity index (χ3v) is 6.04. The number of rotatable bonds is 6. The van der Waals surface area contributed by atoms with E-state index >= 15 is 0 Å². The third kappa shape index (κ3) is 4.25. The Morgan fingerprint density at radius 3 is 2.54 bits per heavy atom. The van der Waals surface area contributed by atoms with Crippen LogP contribution in [0.1, 0.15) is 19.3 Å². The highest BCUT2D eigenvalue weighted by Gasteiger charge is 2.22. The van der Waals surface area contributed by atoms with Gasteiger partial charge in [0.05, 0.1) is 17.1 Å². The van der Waals surface area contributed by atoms with Crippen LogP contribution in [0.4, 0.5) is 11.4 Å². The summed E-state index contributed by atoms with van der Waals surface area (Å²) in [5.41, 5.74) is 2.23. The van der Waals surface area contributed by atoms with Crippen LogP contribution in [0.3, 0.4) is 0 Å². The van der Waals surface area contributed by atoms with E-state index in [0.29, 0.717) is 11.4 Å². The molecule has 2 aromatic carbocycles. The molecule has 0 aliphatic carbocycles. The van der Waals surface area contributed by atoms with Crippen molar-refractivity contribution in [2.24, 2.45) is 0 Å². The van der Waals surface area contributed by atoms with Crippen molar-refractivity contribution in [3.63, 3.8) is 0 Å². The van der Waals surface area contributed by atoms with E-state index in [-0.39, 0.29) is 5.75 Å². The molecule has 0 aromatic heterocycles. The molecule has 0 radical (unpaired) electrons. The minimum absolute atomic E-state index is 0.179. The van der Waals surface area contributed by atoms with Crippen LogP contribution < -0.4 is 4.90 Å². The molecule has 1 aliphatic rings. The van der Waals surface area contributed by atoms with Crippen molar-refractivity contribution in [3.8, 4) is 0 Å². The summed E-state index contributed by atoms with van der Waals surface area (Å²) in [5.74, 6) is -0.179. The molecule has 4 nitrogen and oxygen atoms in total. The van der Waals surface area contributed by atoms with Crippen molar-refractivity contribution in [1.82, 2.24) is 0 Å². The zero-order valence-electron chi connectivity index (χ0n) is 13.0. The van der Waals surface area contributed by atoms with Crippen molar-refractivity contribution >= 4 is 44.9 Å². The molecular weight excluding hydrogens is 366 g/mol.